The molecule has 3 heteroatoms. The van der Waals surface area contributed by atoms with Crippen LogP contribution in [0.15, 0.2) is 42.5 Å². The Kier molecular flexibility index (Phi) is 3.07. The molecular formula is C19H18O3. The highest BCUT2D eigenvalue weighted by Crippen LogP contribution is 2.47. The molecule has 0 bridgehead atoms. The van der Waals surface area contributed by atoms with Crippen molar-refractivity contribution < 1.29 is 14.2 Å². The van der Waals surface area contributed by atoms with Crippen molar-refractivity contribution in [1.29, 1.82) is 0 Å². The fourth-order valence-corrected chi connectivity index (χ4v) is 3.17. The Hall–Kier alpha value is -2.42. The first-order valence-electron chi connectivity index (χ1n) is 7.59. The fourth-order valence-electron chi connectivity index (χ4n) is 3.17. The monoisotopic (exact) mass is 294 g/mol. The van der Waals surface area contributed by atoms with Gasteiger partial charge in [0.05, 0.1) is 0 Å². The summed E-state index contributed by atoms with van der Waals surface area (Å²) in [5.41, 5.74) is 3.60. The van der Waals surface area contributed by atoms with Crippen LogP contribution < -0.4 is 14.2 Å². The van der Waals surface area contributed by atoms with Gasteiger partial charge < -0.3 is 14.2 Å². The predicted molar refractivity (Wildman–Crippen MR) is 85.5 cm³/mol. The van der Waals surface area contributed by atoms with Gasteiger partial charge in [0.25, 0.3) is 0 Å². The molecular weight excluding hydrogens is 276 g/mol. The third-order valence-electron chi connectivity index (χ3n) is 4.32. The van der Waals surface area contributed by atoms with Gasteiger partial charge in [0, 0.05) is 11.5 Å². The maximum Gasteiger partial charge on any atom is 0.231 e. The van der Waals surface area contributed by atoms with Gasteiger partial charge in [0.15, 0.2) is 11.5 Å². The maximum atomic E-state index is 6.18. The molecule has 2 aliphatic heterocycles. The minimum atomic E-state index is 0.0188. The van der Waals surface area contributed by atoms with E-state index in [0.717, 1.165) is 22.8 Å². The summed E-state index contributed by atoms with van der Waals surface area (Å²) in [5.74, 6) is 2.89. The van der Waals surface area contributed by atoms with Gasteiger partial charge in [-0.05, 0) is 42.3 Å². The zero-order chi connectivity index (χ0) is 15.1. The van der Waals surface area contributed by atoms with Crippen molar-refractivity contribution in [2.24, 2.45) is 0 Å². The molecule has 0 saturated heterocycles. The number of benzene rings is 2. The molecule has 2 atom stereocenters. The Morgan fingerprint density at radius 1 is 1.00 bits per heavy atom. The first kappa shape index (κ1) is 13.3. The van der Waals surface area contributed by atoms with Gasteiger partial charge in [-0.25, -0.2) is 0 Å². The molecule has 3 nitrogen and oxygen atoms in total. The SMILES string of the molecule is CC=Cc1ccc2c(c1)C(C)C(c1ccc3c(c1)OCO3)O2. The van der Waals surface area contributed by atoms with Crippen molar-refractivity contribution in [3.05, 3.63) is 59.2 Å². The number of rotatable bonds is 2. The molecule has 2 aliphatic rings. The largest absolute Gasteiger partial charge is 0.485 e. The molecule has 0 amide bonds. The van der Waals surface area contributed by atoms with Gasteiger partial charge in [-0.3, -0.25) is 0 Å². The average molecular weight is 294 g/mol. The standard InChI is InChI=1S/C19H18O3/c1-3-4-13-5-7-16-15(9-13)12(2)19(22-16)14-6-8-17-18(10-14)21-11-20-17/h3-10,12,19H,11H2,1-2H3. The molecule has 112 valence electrons. The van der Waals surface area contributed by atoms with Gasteiger partial charge in [0.2, 0.25) is 6.79 Å². The Bertz CT molecular complexity index is 748. The molecule has 2 heterocycles. The summed E-state index contributed by atoms with van der Waals surface area (Å²) >= 11 is 0. The van der Waals surface area contributed by atoms with E-state index < -0.39 is 0 Å². The second-order valence-corrected chi connectivity index (χ2v) is 5.74. The van der Waals surface area contributed by atoms with Crippen LogP contribution in [-0.2, 0) is 0 Å². The lowest BCUT2D eigenvalue weighted by atomic mass is 9.92. The Morgan fingerprint density at radius 3 is 2.68 bits per heavy atom. The highest BCUT2D eigenvalue weighted by molar-refractivity contribution is 5.56. The topological polar surface area (TPSA) is 27.7 Å². The van der Waals surface area contributed by atoms with Crippen LogP contribution in [-0.4, -0.2) is 6.79 Å². The Morgan fingerprint density at radius 2 is 1.82 bits per heavy atom. The quantitative estimate of drug-likeness (QED) is 0.804. The summed E-state index contributed by atoms with van der Waals surface area (Å²) in [5, 5.41) is 0. The first-order valence-corrected chi connectivity index (χ1v) is 7.59. The van der Waals surface area contributed by atoms with E-state index in [1.807, 2.05) is 19.1 Å². The molecule has 2 aromatic carbocycles. The van der Waals surface area contributed by atoms with E-state index in [0.29, 0.717) is 12.7 Å². The van der Waals surface area contributed by atoms with Gasteiger partial charge in [0.1, 0.15) is 11.9 Å². The molecule has 0 N–H and O–H groups in total. The number of allylic oxidation sites excluding steroid dienone is 1. The molecule has 0 aromatic heterocycles. The van der Waals surface area contributed by atoms with Crippen molar-refractivity contribution in [2.45, 2.75) is 25.9 Å². The highest BCUT2D eigenvalue weighted by Gasteiger charge is 2.33. The molecule has 0 aliphatic carbocycles. The second-order valence-electron chi connectivity index (χ2n) is 5.74. The van der Waals surface area contributed by atoms with E-state index in [2.05, 4.69) is 43.3 Å². The van der Waals surface area contributed by atoms with Crippen LogP contribution in [0.25, 0.3) is 6.08 Å². The van der Waals surface area contributed by atoms with E-state index in [1.165, 1.54) is 11.1 Å². The lowest BCUT2D eigenvalue weighted by molar-refractivity contribution is 0.173. The van der Waals surface area contributed by atoms with E-state index in [9.17, 15) is 0 Å². The predicted octanol–water partition coefficient (Wildman–Crippen LogP) is 4.69. The number of fused-ring (bicyclic) bond motifs is 2. The van der Waals surface area contributed by atoms with Gasteiger partial charge in [-0.2, -0.15) is 0 Å². The number of ether oxygens (including phenoxy) is 3. The van der Waals surface area contributed by atoms with Gasteiger partial charge in [-0.1, -0.05) is 31.2 Å². The van der Waals surface area contributed by atoms with Crippen LogP contribution in [0.5, 0.6) is 17.2 Å². The molecule has 4 rings (SSSR count). The van der Waals surface area contributed by atoms with E-state index in [4.69, 9.17) is 14.2 Å². The van der Waals surface area contributed by atoms with Gasteiger partial charge >= 0.3 is 0 Å². The fraction of sp³-hybridized carbons (Fsp3) is 0.263. The summed E-state index contributed by atoms with van der Waals surface area (Å²) in [6.07, 6.45) is 4.18. The normalized spacial score (nSPS) is 21.9. The Labute approximate surface area is 130 Å². The summed E-state index contributed by atoms with van der Waals surface area (Å²) in [6.45, 7) is 4.54. The second kappa shape index (κ2) is 5.09. The summed E-state index contributed by atoms with van der Waals surface area (Å²) in [6, 6.07) is 12.4. The van der Waals surface area contributed by atoms with Crippen molar-refractivity contribution in [3.63, 3.8) is 0 Å². The highest BCUT2D eigenvalue weighted by atomic mass is 16.7. The lowest BCUT2D eigenvalue weighted by Gasteiger charge is -2.16. The van der Waals surface area contributed by atoms with Crippen molar-refractivity contribution in [1.82, 2.24) is 0 Å². The van der Waals surface area contributed by atoms with Crippen LogP contribution in [0.4, 0.5) is 0 Å². The zero-order valence-electron chi connectivity index (χ0n) is 12.7. The third kappa shape index (κ3) is 2.05. The lowest BCUT2D eigenvalue weighted by Crippen LogP contribution is -2.07. The molecule has 2 unspecified atom stereocenters. The molecule has 0 radical (unpaired) electrons. The Balaban J connectivity index is 1.68. The summed E-state index contributed by atoms with van der Waals surface area (Å²) < 4.78 is 17.0. The smallest absolute Gasteiger partial charge is 0.231 e. The van der Waals surface area contributed by atoms with E-state index in [-0.39, 0.29) is 6.10 Å². The number of hydrogen-bond acceptors (Lipinski definition) is 3. The molecule has 22 heavy (non-hydrogen) atoms. The van der Waals surface area contributed by atoms with Crippen LogP contribution in [0, 0.1) is 0 Å². The van der Waals surface area contributed by atoms with Gasteiger partial charge in [-0.15, -0.1) is 0 Å². The average Bonchev–Trinajstić information content (AvgIpc) is 3.12. The van der Waals surface area contributed by atoms with Crippen LogP contribution >= 0.6 is 0 Å². The molecule has 0 fully saturated rings. The van der Waals surface area contributed by atoms with Crippen molar-refractivity contribution in [2.75, 3.05) is 6.79 Å². The molecule has 0 saturated carbocycles. The van der Waals surface area contributed by atoms with Crippen LogP contribution in [0.3, 0.4) is 0 Å². The first-order chi connectivity index (χ1) is 10.8. The van der Waals surface area contributed by atoms with E-state index in [1.54, 1.807) is 0 Å². The minimum absolute atomic E-state index is 0.0188. The summed E-state index contributed by atoms with van der Waals surface area (Å²) in [4.78, 5) is 0. The van der Waals surface area contributed by atoms with Crippen LogP contribution in [0.1, 0.15) is 42.6 Å². The minimum Gasteiger partial charge on any atom is -0.485 e. The van der Waals surface area contributed by atoms with Crippen LogP contribution in [0.2, 0.25) is 0 Å². The maximum absolute atomic E-state index is 6.18. The summed E-state index contributed by atoms with van der Waals surface area (Å²) in [7, 11) is 0. The third-order valence-corrected chi connectivity index (χ3v) is 4.32. The molecule has 2 aromatic rings. The van der Waals surface area contributed by atoms with E-state index >= 15 is 0 Å². The zero-order valence-corrected chi connectivity index (χ0v) is 12.7. The van der Waals surface area contributed by atoms with Crippen molar-refractivity contribution >= 4 is 6.08 Å². The molecule has 0 spiro atoms. The number of hydrogen-bond donors (Lipinski definition) is 0. The van der Waals surface area contributed by atoms with Crippen molar-refractivity contribution in [3.8, 4) is 17.2 Å².